The first kappa shape index (κ1) is 55.9. The van der Waals surface area contributed by atoms with Gasteiger partial charge in [0, 0.05) is 30.7 Å². The van der Waals surface area contributed by atoms with Crippen molar-refractivity contribution in [1.82, 2.24) is 0 Å². The molecule has 60 heavy (non-hydrogen) atoms. The summed E-state index contributed by atoms with van der Waals surface area (Å²) in [6.07, 6.45) is 33.2. The summed E-state index contributed by atoms with van der Waals surface area (Å²) in [5, 5.41) is 11.6. The van der Waals surface area contributed by atoms with Crippen molar-refractivity contribution in [3.8, 4) is 0 Å². The molecular weight excluding hydrogens is 784 g/mol. The van der Waals surface area contributed by atoms with Gasteiger partial charge in [0.1, 0.15) is 19.8 Å². The molecule has 1 rings (SSSR count). The standard InChI is InChI=1S/C45H87N6O8P/c1-5-6-7-8-9-10-11-12-13-15-18-21-24-27-30-33-43(52)56-40-42(41-58-60(54,55)57-39-38-51(3,4)37-35-45(2)48-49-45)59-44(53)34-31-28-25-22-19-16-14-17-20-23-26-29-32-36-47-50-46/h42H,5-41H2,1-4H3/t42-/m1/s1. The van der Waals surface area contributed by atoms with E-state index in [1.165, 1.54) is 122 Å². The molecule has 0 spiro atoms. The van der Waals surface area contributed by atoms with Gasteiger partial charge in [-0.3, -0.25) is 14.2 Å². The Bertz CT molecular complexity index is 1210. The van der Waals surface area contributed by atoms with E-state index in [2.05, 4.69) is 27.2 Å². The zero-order chi connectivity index (χ0) is 44.1. The van der Waals surface area contributed by atoms with Crippen molar-refractivity contribution < 1.29 is 42.1 Å². The predicted molar refractivity (Wildman–Crippen MR) is 238 cm³/mol. The lowest BCUT2D eigenvalue weighted by Gasteiger charge is -2.31. The minimum absolute atomic E-state index is 0.0697. The number of likely N-dealkylation sites (N-methyl/N-ethyl adjacent to an activating group) is 1. The first-order valence-electron chi connectivity index (χ1n) is 24.1. The summed E-state index contributed by atoms with van der Waals surface area (Å²) in [4.78, 5) is 40.8. The average molecular weight is 871 g/mol. The summed E-state index contributed by atoms with van der Waals surface area (Å²) in [7, 11) is -0.734. The molecule has 1 unspecified atom stereocenters. The lowest BCUT2D eigenvalue weighted by atomic mass is 10.0. The molecule has 0 amide bonds. The smallest absolute Gasteiger partial charge is 0.306 e. The number of ether oxygens (including phenoxy) is 2. The molecule has 0 aromatic carbocycles. The number of esters is 2. The fourth-order valence-corrected chi connectivity index (χ4v) is 7.85. The van der Waals surface area contributed by atoms with E-state index >= 15 is 0 Å². The van der Waals surface area contributed by atoms with Crippen LogP contribution in [-0.4, -0.2) is 81.7 Å². The molecule has 0 radical (unpaired) electrons. The van der Waals surface area contributed by atoms with Crippen LogP contribution in [0, 0.1) is 0 Å². The van der Waals surface area contributed by atoms with E-state index in [4.69, 9.17) is 24.1 Å². The Kier molecular flexibility index (Phi) is 33.9. The highest BCUT2D eigenvalue weighted by atomic mass is 31.2. The van der Waals surface area contributed by atoms with Crippen molar-refractivity contribution in [2.75, 3.05) is 53.6 Å². The summed E-state index contributed by atoms with van der Waals surface area (Å²) in [6.45, 7) is 5.16. The number of carbonyl (C=O) groups excluding carboxylic acids is 2. The van der Waals surface area contributed by atoms with Crippen molar-refractivity contribution in [3.63, 3.8) is 0 Å². The number of carbonyl (C=O) groups is 2. The summed E-state index contributed by atoms with van der Waals surface area (Å²) in [5.74, 6) is -0.866. The van der Waals surface area contributed by atoms with E-state index in [0.717, 1.165) is 64.3 Å². The van der Waals surface area contributed by atoms with Crippen LogP contribution in [-0.2, 0) is 32.7 Å². The van der Waals surface area contributed by atoms with E-state index in [-0.39, 0.29) is 31.7 Å². The molecule has 0 saturated heterocycles. The molecular formula is C45H87N6O8P. The number of unbranched alkanes of at least 4 members (excludes halogenated alkanes) is 26. The fraction of sp³-hybridized carbons (Fsp3) is 0.956. The van der Waals surface area contributed by atoms with Crippen LogP contribution in [0.25, 0.3) is 10.4 Å². The lowest BCUT2D eigenvalue weighted by molar-refractivity contribution is -0.890. The number of phosphoric ester groups is 1. The highest BCUT2D eigenvalue weighted by molar-refractivity contribution is 7.45. The second kappa shape index (κ2) is 36.4. The zero-order valence-corrected chi connectivity index (χ0v) is 39.5. The Hall–Kier alpha value is -2.08. The van der Waals surface area contributed by atoms with Crippen molar-refractivity contribution in [3.05, 3.63) is 10.4 Å². The Balaban J connectivity index is 2.34. The summed E-state index contributed by atoms with van der Waals surface area (Å²) in [6, 6.07) is 0. The molecule has 350 valence electrons. The minimum atomic E-state index is -4.71. The number of rotatable bonds is 45. The molecule has 0 aromatic rings. The third-order valence-corrected chi connectivity index (χ3v) is 12.4. The zero-order valence-electron chi connectivity index (χ0n) is 38.6. The van der Waals surface area contributed by atoms with Crippen LogP contribution in [0.5, 0.6) is 0 Å². The van der Waals surface area contributed by atoms with Gasteiger partial charge in [0.15, 0.2) is 11.8 Å². The predicted octanol–water partition coefficient (Wildman–Crippen LogP) is 12.6. The van der Waals surface area contributed by atoms with Gasteiger partial charge in [-0.1, -0.05) is 173 Å². The van der Waals surface area contributed by atoms with Gasteiger partial charge in [0.25, 0.3) is 7.82 Å². The molecule has 2 atom stereocenters. The van der Waals surface area contributed by atoms with Gasteiger partial charge >= 0.3 is 11.9 Å². The quantitative estimate of drug-likeness (QED) is 0.0110. The van der Waals surface area contributed by atoms with E-state index in [1.54, 1.807) is 0 Å². The second-order valence-electron chi connectivity index (χ2n) is 17.9. The van der Waals surface area contributed by atoms with Crippen LogP contribution in [0.15, 0.2) is 15.3 Å². The van der Waals surface area contributed by atoms with Crippen molar-refractivity contribution in [1.29, 1.82) is 0 Å². The van der Waals surface area contributed by atoms with Crippen LogP contribution in [0.3, 0.4) is 0 Å². The maximum Gasteiger partial charge on any atom is 0.306 e. The number of azide groups is 1. The Morgan fingerprint density at radius 3 is 1.55 bits per heavy atom. The molecule has 1 aliphatic heterocycles. The van der Waals surface area contributed by atoms with Gasteiger partial charge in [-0.25, -0.2) is 0 Å². The Morgan fingerprint density at radius 2 is 1.10 bits per heavy atom. The number of nitrogens with zero attached hydrogens (tertiary/aromatic N) is 6. The van der Waals surface area contributed by atoms with E-state index in [0.29, 0.717) is 24.0 Å². The van der Waals surface area contributed by atoms with Crippen molar-refractivity contribution in [2.45, 2.75) is 225 Å². The largest absolute Gasteiger partial charge is 0.756 e. The van der Waals surface area contributed by atoms with E-state index in [1.807, 2.05) is 21.0 Å². The first-order chi connectivity index (χ1) is 28.9. The topological polar surface area (TPSA) is 185 Å². The Labute approximate surface area is 364 Å². The number of quaternary nitrogens is 1. The van der Waals surface area contributed by atoms with Crippen LogP contribution in [0.4, 0.5) is 0 Å². The summed E-state index contributed by atoms with van der Waals surface area (Å²) in [5.41, 5.74) is 7.99. The molecule has 15 heteroatoms. The van der Waals surface area contributed by atoms with Gasteiger partial charge in [-0.05, 0) is 31.7 Å². The third-order valence-electron chi connectivity index (χ3n) is 11.4. The van der Waals surface area contributed by atoms with Crippen LogP contribution in [0.2, 0.25) is 0 Å². The fourth-order valence-electron chi connectivity index (χ4n) is 7.12. The average Bonchev–Trinajstić information content (AvgIpc) is 3.96. The minimum Gasteiger partial charge on any atom is -0.756 e. The van der Waals surface area contributed by atoms with Crippen LogP contribution >= 0.6 is 7.82 Å². The van der Waals surface area contributed by atoms with Crippen molar-refractivity contribution in [2.24, 2.45) is 15.3 Å². The van der Waals surface area contributed by atoms with Crippen molar-refractivity contribution >= 4 is 19.8 Å². The molecule has 1 aliphatic rings. The van der Waals surface area contributed by atoms with Gasteiger partial charge in [-0.15, -0.1) is 0 Å². The normalized spacial score (nSPS) is 14.7. The molecule has 0 aromatic heterocycles. The first-order valence-corrected chi connectivity index (χ1v) is 25.6. The molecule has 0 fully saturated rings. The summed E-state index contributed by atoms with van der Waals surface area (Å²) >= 11 is 0. The number of hydrogen-bond acceptors (Lipinski definition) is 11. The molecule has 1 heterocycles. The maximum absolute atomic E-state index is 12.8. The SMILES string of the molecule is CCCCCCCCCCCCCCCCCC(=O)OC[C@H](COP(=O)([O-])OCC[N+](C)(C)CCC1(C)N=N1)OC(=O)CCCCCCCCCCCCCCCN=[N+]=[N-]. The van der Waals surface area contributed by atoms with E-state index < -0.39 is 32.5 Å². The monoisotopic (exact) mass is 871 g/mol. The molecule has 14 nitrogen and oxygen atoms in total. The number of phosphoric acid groups is 1. The summed E-state index contributed by atoms with van der Waals surface area (Å²) < 4.78 is 34.5. The molecule has 0 aliphatic carbocycles. The lowest BCUT2D eigenvalue weighted by Crippen LogP contribution is -2.44. The third kappa shape index (κ3) is 36.6. The van der Waals surface area contributed by atoms with Crippen LogP contribution in [0.1, 0.15) is 213 Å². The molecule has 0 saturated carbocycles. The maximum atomic E-state index is 12.8. The highest BCUT2D eigenvalue weighted by Gasteiger charge is 2.36. The number of hydrogen-bond donors (Lipinski definition) is 0. The van der Waals surface area contributed by atoms with Gasteiger partial charge in [0.05, 0.1) is 27.2 Å². The van der Waals surface area contributed by atoms with Crippen LogP contribution < -0.4 is 4.89 Å². The van der Waals surface area contributed by atoms with Gasteiger partial charge in [0.2, 0.25) is 0 Å². The van der Waals surface area contributed by atoms with Gasteiger partial charge in [-0.2, -0.15) is 10.2 Å². The van der Waals surface area contributed by atoms with E-state index in [9.17, 15) is 19.0 Å². The highest BCUT2D eigenvalue weighted by Crippen LogP contribution is 2.38. The Morgan fingerprint density at radius 1 is 0.667 bits per heavy atom. The van der Waals surface area contributed by atoms with Gasteiger partial charge < -0.3 is 27.9 Å². The second-order valence-corrected chi connectivity index (χ2v) is 19.3. The molecule has 0 N–H and O–H groups in total. The molecule has 0 bridgehead atoms.